The average Bonchev–Trinajstić information content (AvgIpc) is 3.04. The number of methoxy groups -OCH3 is 1. The summed E-state index contributed by atoms with van der Waals surface area (Å²) >= 11 is 0. The van der Waals surface area contributed by atoms with E-state index in [1.807, 2.05) is 0 Å². The summed E-state index contributed by atoms with van der Waals surface area (Å²) in [5, 5.41) is 19.6. The lowest BCUT2D eigenvalue weighted by Crippen LogP contribution is -2.52. The van der Waals surface area contributed by atoms with Crippen molar-refractivity contribution in [3.63, 3.8) is 0 Å². The number of amides is 6. The summed E-state index contributed by atoms with van der Waals surface area (Å²) < 4.78 is 11.4. The molecule has 1 unspecified atom stereocenters. The number of rotatable bonds is 11. The van der Waals surface area contributed by atoms with Crippen LogP contribution < -0.4 is 30.7 Å². The summed E-state index contributed by atoms with van der Waals surface area (Å²) in [5.74, 6) is -1.38. The topological polar surface area (TPSA) is 199 Å². The van der Waals surface area contributed by atoms with E-state index in [-0.39, 0.29) is 19.5 Å². The summed E-state index contributed by atoms with van der Waals surface area (Å²) in [5.41, 5.74) is 1.77. The van der Waals surface area contributed by atoms with Gasteiger partial charge in [0.25, 0.3) is 0 Å². The van der Waals surface area contributed by atoms with E-state index in [0.717, 1.165) is 10.5 Å². The highest BCUT2D eigenvalue weighted by Crippen LogP contribution is 2.34. The Morgan fingerprint density at radius 1 is 1.13 bits per heavy atom. The Morgan fingerprint density at radius 3 is 2.48 bits per heavy atom. The number of likely N-dealkylation sites (N-methyl/N-ethyl adjacent to an activating group) is 2. The van der Waals surface area contributed by atoms with E-state index in [9.17, 15) is 34.0 Å². The number of hydrogen-bond acceptors (Lipinski definition) is 9. The van der Waals surface area contributed by atoms with E-state index in [1.54, 1.807) is 36.4 Å². The highest BCUT2D eigenvalue weighted by atomic mass is 16.5. The quantitative estimate of drug-likeness (QED) is 0.229. The van der Waals surface area contributed by atoms with Crippen LogP contribution in [0.15, 0.2) is 36.4 Å². The van der Waals surface area contributed by atoms with Crippen molar-refractivity contribution in [3.05, 3.63) is 53.1 Å². The van der Waals surface area contributed by atoms with Crippen molar-refractivity contribution in [2.45, 2.75) is 31.8 Å². The van der Waals surface area contributed by atoms with Crippen molar-refractivity contribution in [2.75, 3.05) is 47.4 Å². The van der Waals surface area contributed by atoms with E-state index < -0.39 is 54.7 Å². The molecule has 0 radical (unpaired) electrons. The maximum Gasteiger partial charge on any atom is 0.243 e. The molecule has 0 spiro atoms. The van der Waals surface area contributed by atoms with Crippen LogP contribution in [-0.2, 0) is 41.6 Å². The minimum atomic E-state index is -0.926. The molecule has 4 N–H and O–H groups in total. The van der Waals surface area contributed by atoms with Crippen molar-refractivity contribution < 1.29 is 38.2 Å². The first kappa shape index (κ1) is 34.8. The number of benzene rings is 2. The first-order valence-electron chi connectivity index (χ1n) is 14.4. The molecule has 2 aliphatic heterocycles. The number of ether oxygens (including phenoxy) is 2. The minimum Gasteiger partial charge on any atom is -0.493 e. The molecule has 4 bridgehead atoms. The van der Waals surface area contributed by atoms with Gasteiger partial charge in [-0.25, -0.2) is 0 Å². The predicted molar refractivity (Wildman–Crippen MR) is 164 cm³/mol. The SMILES string of the molecule is COc1cc(C#N)c2cc1Oc1ccc(cc1)C[C@H](N(C)C(=O)CNC(=O)CN(C)C(=O)CNC(=O)C(C)NC=O)C(=O)NCC2. The second-order valence-electron chi connectivity index (χ2n) is 10.5. The highest BCUT2D eigenvalue weighted by Gasteiger charge is 2.28. The van der Waals surface area contributed by atoms with Gasteiger partial charge in [0, 0.05) is 33.1 Å². The third-order valence-electron chi connectivity index (χ3n) is 7.32. The molecule has 4 rings (SSSR count). The fraction of sp³-hybridized carbons (Fsp3) is 0.387. The lowest BCUT2D eigenvalue weighted by molar-refractivity contribution is -0.139. The Labute approximate surface area is 266 Å². The molecule has 244 valence electrons. The van der Waals surface area contributed by atoms with Gasteiger partial charge in [0.2, 0.25) is 35.9 Å². The van der Waals surface area contributed by atoms with E-state index in [2.05, 4.69) is 27.3 Å². The van der Waals surface area contributed by atoms with E-state index in [1.165, 1.54) is 33.0 Å². The molecular weight excluding hydrogens is 598 g/mol. The first-order chi connectivity index (χ1) is 22.0. The molecule has 2 aliphatic rings. The number of hydrogen-bond donors (Lipinski definition) is 4. The molecule has 2 aromatic rings. The zero-order valence-corrected chi connectivity index (χ0v) is 26.0. The standard InChI is InChI=1S/C31H37N7O8/c1-19(36-18-39)30(43)35-15-28(41)37(2)17-27(40)34-16-29(42)38(3)24-11-20-5-7-23(8-6-20)46-26-12-21(9-10-33-31(24)44)22(14-32)13-25(26)45-4/h5-8,12-13,18-19,24H,9-11,15-17H2,1-4H3,(H,33,44)(H,34,40)(H,35,43)(H,36,39)/t19?,24-/m0/s1. The number of nitriles is 1. The maximum atomic E-state index is 13.4. The summed E-state index contributed by atoms with van der Waals surface area (Å²) in [6.07, 6.45) is 0.855. The summed E-state index contributed by atoms with van der Waals surface area (Å²) in [6.45, 7) is 0.416. The zero-order chi connectivity index (χ0) is 33.8. The van der Waals surface area contributed by atoms with Crippen LogP contribution in [0.3, 0.4) is 0 Å². The largest absolute Gasteiger partial charge is 0.493 e. The van der Waals surface area contributed by atoms with Crippen LogP contribution in [0, 0.1) is 11.3 Å². The van der Waals surface area contributed by atoms with Gasteiger partial charge in [-0.05, 0) is 42.7 Å². The van der Waals surface area contributed by atoms with Crippen LogP contribution in [0.1, 0.15) is 23.6 Å². The third kappa shape index (κ3) is 9.42. The van der Waals surface area contributed by atoms with Crippen LogP contribution >= 0.6 is 0 Å². The fourth-order valence-corrected chi connectivity index (χ4v) is 4.50. The molecule has 0 aliphatic carbocycles. The molecule has 46 heavy (non-hydrogen) atoms. The van der Waals surface area contributed by atoms with Crippen molar-refractivity contribution in [1.82, 2.24) is 31.1 Å². The fourth-order valence-electron chi connectivity index (χ4n) is 4.50. The van der Waals surface area contributed by atoms with Gasteiger partial charge in [0.1, 0.15) is 17.8 Å². The molecule has 15 heteroatoms. The van der Waals surface area contributed by atoms with E-state index in [4.69, 9.17) is 9.47 Å². The van der Waals surface area contributed by atoms with Crippen molar-refractivity contribution in [3.8, 4) is 23.3 Å². The zero-order valence-electron chi connectivity index (χ0n) is 26.0. The molecule has 6 amide bonds. The van der Waals surface area contributed by atoms with Gasteiger partial charge < -0.3 is 40.5 Å². The van der Waals surface area contributed by atoms with Gasteiger partial charge in [-0.3, -0.25) is 28.8 Å². The second-order valence-corrected chi connectivity index (χ2v) is 10.5. The van der Waals surface area contributed by atoms with Crippen LogP contribution in [0.5, 0.6) is 17.2 Å². The average molecular weight is 636 g/mol. The third-order valence-corrected chi connectivity index (χ3v) is 7.32. The van der Waals surface area contributed by atoms with Gasteiger partial charge in [-0.1, -0.05) is 12.1 Å². The van der Waals surface area contributed by atoms with Crippen molar-refractivity contribution in [1.29, 1.82) is 5.26 Å². The number of fused-ring (bicyclic) bond motifs is 7. The minimum absolute atomic E-state index is 0.171. The first-order valence-corrected chi connectivity index (χ1v) is 14.4. The Kier molecular flexibility index (Phi) is 12.4. The van der Waals surface area contributed by atoms with Crippen LogP contribution in [-0.4, -0.2) is 105 Å². The second kappa shape index (κ2) is 16.4. The van der Waals surface area contributed by atoms with Crippen molar-refractivity contribution in [2.24, 2.45) is 0 Å². The van der Waals surface area contributed by atoms with Gasteiger partial charge in [-0.2, -0.15) is 5.26 Å². The summed E-state index contributed by atoms with van der Waals surface area (Å²) in [6, 6.07) is 10.7. The molecule has 2 atom stereocenters. The predicted octanol–water partition coefficient (Wildman–Crippen LogP) is -0.774. The Balaban J connectivity index is 1.63. The molecule has 2 aromatic carbocycles. The van der Waals surface area contributed by atoms with Crippen LogP contribution in [0.4, 0.5) is 0 Å². The summed E-state index contributed by atoms with van der Waals surface area (Å²) in [4.78, 5) is 75.9. The molecule has 15 nitrogen and oxygen atoms in total. The number of nitrogens with zero attached hydrogens (tertiary/aromatic N) is 3. The van der Waals surface area contributed by atoms with Crippen molar-refractivity contribution >= 4 is 35.9 Å². The van der Waals surface area contributed by atoms with Gasteiger partial charge in [-0.15, -0.1) is 0 Å². The molecule has 0 fully saturated rings. The van der Waals surface area contributed by atoms with Crippen LogP contribution in [0.25, 0.3) is 0 Å². The molecule has 2 heterocycles. The van der Waals surface area contributed by atoms with Crippen LogP contribution in [0.2, 0.25) is 0 Å². The number of carbonyl (C=O) groups is 6. The monoisotopic (exact) mass is 635 g/mol. The van der Waals surface area contributed by atoms with E-state index >= 15 is 0 Å². The lowest BCUT2D eigenvalue weighted by atomic mass is 10.0. The molecule has 0 saturated carbocycles. The normalized spacial score (nSPS) is 14.6. The Bertz CT molecular complexity index is 1510. The molecule has 0 aromatic heterocycles. The number of nitrogens with one attached hydrogen (secondary N) is 4. The Morgan fingerprint density at radius 2 is 1.83 bits per heavy atom. The maximum absolute atomic E-state index is 13.4. The number of carbonyl (C=O) groups excluding carboxylic acids is 6. The Hall–Kier alpha value is -5.65. The van der Waals surface area contributed by atoms with Gasteiger partial charge in [0.15, 0.2) is 11.5 Å². The lowest BCUT2D eigenvalue weighted by Gasteiger charge is -2.28. The highest BCUT2D eigenvalue weighted by molar-refractivity contribution is 5.92. The van der Waals surface area contributed by atoms with Gasteiger partial charge in [0.05, 0.1) is 38.4 Å². The molecular formula is C31H37N7O8. The van der Waals surface area contributed by atoms with E-state index in [0.29, 0.717) is 41.2 Å². The summed E-state index contributed by atoms with van der Waals surface area (Å²) in [7, 11) is 4.30. The van der Waals surface area contributed by atoms with Gasteiger partial charge >= 0.3 is 0 Å². The molecule has 0 saturated heterocycles. The smallest absolute Gasteiger partial charge is 0.243 e.